The minimum Gasteiger partial charge on any atom is -0.477 e. The number of hydrogen-bond donors (Lipinski definition) is 1. The van der Waals surface area contributed by atoms with Crippen molar-refractivity contribution < 1.29 is 14.6 Å². The highest BCUT2D eigenvalue weighted by molar-refractivity contribution is 5.94. The summed E-state index contributed by atoms with van der Waals surface area (Å²) in [6, 6.07) is 9.40. The molecule has 4 nitrogen and oxygen atoms in total. The SMILES string of the molecule is COCCCn1c(C(=O)O)cc2ccccc21. The van der Waals surface area contributed by atoms with Crippen molar-refractivity contribution >= 4 is 16.9 Å². The first-order valence-corrected chi connectivity index (χ1v) is 5.54. The molecule has 1 aromatic heterocycles. The quantitative estimate of drug-likeness (QED) is 0.807. The minimum absolute atomic E-state index is 0.335. The van der Waals surface area contributed by atoms with E-state index in [0.29, 0.717) is 18.8 Å². The molecule has 1 heterocycles. The summed E-state index contributed by atoms with van der Waals surface area (Å²) >= 11 is 0. The Balaban J connectivity index is 2.41. The Hall–Kier alpha value is -1.81. The minimum atomic E-state index is -0.890. The zero-order chi connectivity index (χ0) is 12.3. The number of carboxylic acids is 1. The Bertz CT molecular complexity index is 530. The van der Waals surface area contributed by atoms with Crippen LogP contribution in [0.4, 0.5) is 0 Å². The lowest BCUT2D eigenvalue weighted by atomic mass is 10.2. The molecule has 0 radical (unpaired) electrons. The van der Waals surface area contributed by atoms with Gasteiger partial charge in [-0.2, -0.15) is 0 Å². The van der Waals surface area contributed by atoms with Gasteiger partial charge in [-0.15, -0.1) is 0 Å². The molecule has 0 unspecified atom stereocenters. The molecule has 2 aromatic rings. The summed E-state index contributed by atoms with van der Waals surface area (Å²) in [6.07, 6.45) is 0.801. The molecular formula is C13H15NO3. The van der Waals surface area contributed by atoms with Crippen LogP contribution >= 0.6 is 0 Å². The molecule has 2 rings (SSSR count). The van der Waals surface area contributed by atoms with Gasteiger partial charge < -0.3 is 14.4 Å². The van der Waals surface area contributed by atoms with E-state index >= 15 is 0 Å². The molecule has 17 heavy (non-hydrogen) atoms. The third kappa shape index (κ3) is 2.31. The zero-order valence-electron chi connectivity index (χ0n) is 9.72. The van der Waals surface area contributed by atoms with Crippen LogP contribution in [-0.4, -0.2) is 29.4 Å². The van der Waals surface area contributed by atoms with Gasteiger partial charge in [0.25, 0.3) is 0 Å². The Morgan fingerprint density at radius 2 is 2.18 bits per heavy atom. The molecule has 0 spiro atoms. The average Bonchev–Trinajstić information content (AvgIpc) is 2.69. The van der Waals surface area contributed by atoms with Gasteiger partial charge in [0.05, 0.1) is 0 Å². The molecule has 0 aliphatic heterocycles. The molecule has 0 aliphatic carbocycles. The van der Waals surface area contributed by atoms with E-state index in [-0.39, 0.29) is 0 Å². The molecule has 0 fully saturated rings. The van der Waals surface area contributed by atoms with Gasteiger partial charge in [0.2, 0.25) is 0 Å². The molecular weight excluding hydrogens is 218 g/mol. The summed E-state index contributed by atoms with van der Waals surface area (Å²) in [4.78, 5) is 11.2. The van der Waals surface area contributed by atoms with Gasteiger partial charge in [-0.1, -0.05) is 18.2 Å². The van der Waals surface area contributed by atoms with Crippen LogP contribution in [0.15, 0.2) is 30.3 Å². The van der Waals surface area contributed by atoms with E-state index in [1.54, 1.807) is 13.2 Å². The third-order valence-electron chi connectivity index (χ3n) is 2.76. The number of nitrogens with zero attached hydrogens (tertiary/aromatic N) is 1. The summed E-state index contributed by atoms with van der Waals surface area (Å²) in [5, 5.41) is 10.1. The average molecular weight is 233 g/mol. The van der Waals surface area contributed by atoms with Crippen molar-refractivity contribution in [3.05, 3.63) is 36.0 Å². The van der Waals surface area contributed by atoms with E-state index < -0.39 is 5.97 Å². The number of aromatic nitrogens is 1. The van der Waals surface area contributed by atoms with Crippen molar-refractivity contribution in [3.63, 3.8) is 0 Å². The molecule has 0 saturated heterocycles. The first-order chi connectivity index (χ1) is 8.24. The van der Waals surface area contributed by atoms with E-state index in [1.165, 1.54) is 0 Å². The maximum atomic E-state index is 11.2. The summed E-state index contributed by atoms with van der Waals surface area (Å²) in [7, 11) is 1.64. The third-order valence-corrected chi connectivity index (χ3v) is 2.76. The van der Waals surface area contributed by atoms with Crippen LogP contribution in [0, 0.1) is 0 Å². The molecule has 0 aliphatic rings. The van der Waals surface area contributed by atoms with Crippen molar-refractivity contribution in [3.8, 4) is 0 Å². The highest BCUT2D eigenvalue weighted by atomic mass is 16.5. The number of aryl methyl sites for hydroxylation is 1. The van der Waals surface area contributed by atoms with Crippen LogP contribution < -0.4 is 0 Å². The Labute approximate surface area is 99.4 Å². The fourth-order valence-corrected chi connectivity index (χ4v) is 2.00. The van der Waals surface area contributed by atoms with Crippen LogP contribution in [0.3, 0.4) is 0 Å². The number of para-hydroxylation sites is 1. The molecule has 90 valence electrons. The van der Waals surface area contributed by atoms with E-state index in [0.717, 1.165) is 17.3 Å². The number of aromatic carboxylic acids is 1. The van der Waals surface area contributed by atoms with E-state index in [9.17, 15) is 9.90 Å². The number of fused-ring (bicyclic) bond motifs is 1. The Morgan fingerprint density at radius 3 is 2.88 bits per heavy atom. The van der Waals surface area contributed by atoms with Gasteiger partial charge in [0.1, 0.15) is 5.69 Å². The van der Waals surface area contributed by atoms with Crippen molar-refractivity contribution in [2.75, 3.05) is 13.7 Å². The largest absolute Gasteiger partial charge is 0.477 e. The fourth-order valence-electron chi connectivity index (χ4n) is 2.00. The summed E-state index contributed by atoms with van der Waals surface area (Å²) in [5.74, 6) is -0.890. The van der Waals surface area contributed by atoms with Gasteiger partial charge in [-0.3, -0.25) is 0 Å². The fraction of sp³-hybridized carbons (Fsp3) is 0.308. The smallest absolute Gasteiger partial charge is 0.352 e. The number of benzene rings is 1. The van der Waals surface area contributed by atoms with E-state index in [1.807, 2.05) is 28.8 Å². The Kier molecular flexibility index (Phi) is 3.44. The van der Waals surface area contributed by atoms with Gasteiger partial charge in [-0.05, 0) is 18.6 Å². The summed E-state index contributed by atoms with van der Waals surface area (Å²) in [5.41, 5.74) is 1.29. The van der Waals surface area contributed by atoms with Gasteiger partial charge >= 0.3 is 5.97 Å². The summed E-state index contributed by atoms with van der Waals surface area (Å²) in [6.45, 7) is 1.29. The molecule has 1 N–H and O–H groups in total. The van der Waals surface area contributed by atoms with Gasteiger partial charge in [0, 0.05) is 31.2 Å². The first kappa shape index (κ1) is 11.7. The van der Waals surface area contributed by atoms with Crippen LogP contribution in [0.5, 0.6) is 0 Å². The lowest BCUT2D eigenvalue weighted by molar-refractivity contribution is 0.0684. The van der Waals surface area contributed by atoms with Crippen LogP contribution in [0.2, 0.25) is 0 Å². The van der Waals surface area contributed by atoms with Crippen molar-refractivity contribution in [2.24, 2.45) is 0 Å². The second kappa shape index (κ2) is 5.01. The van der Waals surface area contributed by atoms with Crippen molar-refractivity contribution in [1.29, 1.82) is 0 Å². The Morgan fingerprint density at radius 1 is 1.41 bits per heavy atom. The van der Waals surface area contributed by atoms with Crippen LogP contribution in [-0.2, 0) is 11.3 Å². The number of carbonyl (C=O) groups is 1. The molecule has 0 saturated carbocycles. The second-order valence-electron chi connectivity index (χ2n) is 3.89. The topological polar surface area (TPSA) is 51.5 Å². The number of carboxylic acid groups (broad SMARTS) is 1. The van der Waals surface area contributed by atoms with E-state index in [2.05, 4.69) is 0 Å². The number of hydrogen-bond acceptors (Lipinski definition) is 2. The standard InChI is InChI=1S/C13H15NO3/c1-17-8-4-7-14-11-6-3-2-5-10(11)9-12(14)13(15)16/h2-3,5-6,9H,4,7-8H2,1H3,(H,15,16). The lowest BCUT2D eigenvalue weighted by Gasteiger charge is -2.07. The van der Waals surface area contributed by atoms with Gasteiger partial charge in [0.15, 0.2) is 0 Å². The van der Waals surface area contributed by atoms with Crippen molar-refractivity contribution in [1.82, 2.24) is 4.57 Å². The van der Waals surface area contributed by atoms with Gasteiger partial charge in [-0.25, -0.2) is 4.79 Å². The molecule has 1 aromatic carbocycles. The molecule has 4 heteroatoms. The number of rotatable bonds is 5. The normalized spacial score (nSPS) is 10.9. The second-order valence-corrected chi connectivity index (χ2v) is 3.89. The number of methoxy groups -OCH3 is 1. The molecule has 0 bridgehead atoms. The predicted molar refractivity (Wildman–Crippen MR) is 65.4 cm³/mol. The predicted octanol–water partition coefficient (Wildman–Crippen LogP) is 2.38. The maximum Gasteiger partial charge on any atom is 0.352 e. The first-order valence-electron chi connectivity index (χ1n) is 5.54. The van der Waals surface area contributed by atoms with Crippen LogP contribution in [0.1, 0.15) is 16.9 Å². The van der Waals surface area contributed by atoms with E-state index in [4.69, 9.17) is 4.74 Å². The molecule has 0 atom stereocenters. The number of ether oxygens (including phenoxy) is 1. The van der Waals surface area contributed by atoms with Crippen LogP contribution in [0.25, 0.3) is 10.9 Å². The lowest BCUT2D eigenvalue weighted by Crippen LogP contribution is -2.09. The summed E-state index contributed by atoms with van der Waals surface area (Å²) < 4.78 is 6.82. The highest BCUT2D eigenvalue weighted by Gasteiger charge is 2.13. The van der Waals surface area contributed by atoms with Crippen molar-refractivity contribution in [2.45, 2.75) is 13.0 Å². The zero-order valence-corrected chi connectivity index (χ0v) is 9.72. The molecule has 0 amide bonds. The monoisotopic (exact) mass is 233 g/mol. The highest BCUT2D eigenvalue weighted by Crippen LogP contribution is 2.20. The maximum absolute atomic E-state index is 11.2.